The first-order chi connectivity index (χ1) is 15.3. The zero-order valence-electron chi connectivity index (χ0n) is 19.7. The summed E-state index contributed by atoms with van der Waals surface area (Å²) in [4.78, 5) is 26.3. The topological polar surface area (TPSA) is 90.0 Å². The van der Waals surface area contributed by atoms with Crippen LogP contribution in [-0.4, -0.2) is 57.7 Å². The van der Waals surface area contributed by atoms with Crippen LogP contribution in [-0.2, 0) is 17.6 Å². The number of carbonyl (C=O) groups excluding carboxylic acids is 1. The van der Waals surface area contributed by atoms with Gasteiger partial charge < -0.3 is 15.1 Å². The summed E-state index contributed by atoms with van der Waals surface area (Å²) < 4.78 is 0. The maximum Gasteiger partial charge on any atom is 0.244 e. The van der Waals surface area contributed by atoms with Gasteiger partial charge in [0.25, 0.3) is 0 Å². The van der Waals surface area contributed by atoms with Crippen LogP contribution < -0.4 is 10.2 Å². The van der Waals surface area contributed by atoms with Crippen LogP contribution in [0.25, 0.3) is 0 Å². The van der Waals surface area contributed by atoms with Crippen LogP contribution in [0.5, 0.6) is 0 Å². The average molecular weight is 438 g/mol. The molecule has 0 aromatic carbocycles. The Kier molecular flexibility index (Phi) is 5.34. The number of anilines is 3. The molecule has 3 aliphatic rings. The molecule has 0 spiro atoms. The van der Waals surface area contributed by atoms with E-state index in [1.165, 1.54) is 30.5 Å². The second-order valence-corrected chi connectivity index (χ2v) is 10.7. The molecule has 1 saturated heterocycles. The Morgan fingerprint density at radius 1 is 1.22 bits per heavy atom. The second kappa shape index (κ2) is 8.05. The summed E-state index contributed by atoms with van der Waals surface area (Å²) >= 11 is 0. The van der Waals surface area contributed by atoms with E-state index in [9.17, 15) is 4.79 Å². The molecule has 0 radical (unpaired) electrons. The molecule has 0 bridgehead atoms. The van der Waals surface area contributed by atoms with Crippen LogP contribution in [0.1, 0.15) is 75.2 Å². The first-order valence-electron chi connectivity index (χ1n) is 12.0. The number of carbonyl (C=O) groups is 1. The number of nitrogens with zero attached hydrogens (tertiary/aromatic N) is 5. The van der Waals surface area contributed by atoms with Crippen molar-refractivity contribution in [1.82, 2.24) is 25.1 Å². The standard InChI is InChI=1S/C24H35N7O/c1-24(2)11-10-15(14-24)18-13-20(29-28-18)26-21-16-7-5-8-17(16)25-23(27-21)31-12-6-9-19(31)22(32)30(3)4/h13,15,19H,5-12,14H2,1-4H3,(H2,25,26,27,28,29)/t15-,19-/m1/s1. The Hall–Kier alpha value is -2.64. The summed E-state index contributed by atoms with van der Waals surface area (Å²) in [6, 6.07) is 1.96. The largest absolute Gasteiger partial charge is 0.347 e. The molecule has 172 valence electrons. The number of aryl methyl sites for hydroxylation is 1. The molecule has 5 rings (SSSR count). The fourth-order valence-electron chi connectivity index (χ4n) is 5.64. The SMILES string of the molecule is CN(C)C(=O)[C@H]1CCCN1c1nc2c(c(Nc3cc([C@@H]4CCC(C)(C)C4)[nH]n3)n1)CCC2. The van der Waals surface area contributed by atoms with Crippen LogP contribution in [0.3, 0.4) is 0 Å². The molecule has 8 nitrogen and oxygen atoms in total. The lowest BCUT2D eigenvalue weighted by molar-refractivity contribution is -0.129. The number of likely N-dealkylation sites (N-methyl/N-ethyl adjacent to an activating group) is 1. The highest BCUT2D eigenvalue weighted by atomic mass is 16.2. The molecular weight excluding hydrogens is 402 g/mol. The Morgan fingerprint density at radius 3 is 2.81 bits per heavy atom. The Balaban J connectivity index is 1.40. The third-order valence-corrected chi connectivity index (χ3v) is 7.41. The highest BCUT2D eigenvalue weighted by molar-refractivity contribution is 5.85. The molecular formula is C24H35N7O. The molecule has 1 aliphatic heterocycles. The number of rotatable bonds is 5. The minimum absolute atomic E-state index is 0.123. The van der Waals surface area contributed by atoms with E-state index in [-0.39, 0.29) is 11.9 Å². The Labute approximate surface area is 190 Å². The van der Waals surface area contributed by atoms with Crippen molar-refractivity contribution in [3.05, 3.63) is 23.0 Å². The van der Waals surface area contributed by atoms with Gasteiger partial charge in [-0.1, -0.05) is 13.8 Å². The van der Waals surface area contributed by atoms with Crippen LogP contribution in [0, 0.1) is 5.41 Å². The number of fused-ring (bicyclic) bond motifs is 1. The number of hydrogen-bond donors (Lipinski definition) is 2. The molecule has 0 unspecified atom stereocenters. The fourth-order valence-corrected chi connectivity index (χ4v) is 5.64. The fraction of sp³-hybridized carbons (Fsp3) is 0.667. The predicted octanol–water partition coefficient (Wildman–Crippen LogP) is 3.78. The molecule has 2 N–H and O–H groups in total. The van der Waals surface area contributed by atoms with Gasteiger partial charge in [0.1, 0.15) is 11.9 Å². The number of nitrogens with one attached hydrogen (secondary N) is 2. The van der Waals surface area contributed by atoms with Gasteiger partial charge in [-0.05, 0) is 56.8 Å². The summed E-state index contributed by atoms with van der Waals surface area (Å²) in [5.74, 6) is 2.99. The maximum atomic E-state index is 12.7. The van der Waals surface area contributed by atoms with E-state index in [0.717, 1.165) is 56.0 Å². The quantitative estimate of drug-likeness (QED) is 0.740. The van der Waals surface area contributed by atoms with E-state index in [4.69, 9.17) is 9.97 Å². The molecule has 1 amide bonds. The second-order valence-electron chi connectivity index (χ2n) is 10.7. The van der Waals surface area contributed by atoms with Gasteiger partial charge in [0.05, 0.1) is 5.69 Å². The van der Waals surface area contributed by atoms with Gasteiger partial charge in [-0.2, -0.15) is 10.1 Å². The van der Waals surface area contributed by atoms with Crippen molar-refractivity contribution in [2.24, 2.45) is 5.41 Å². The lowest BCUT2D eigenvalue weighted by Crippen LogP contribution is -2.43. The average Bonchev–Trinajstić information content (AvgIpc) is 3.53. The van der Waals surface area contributed by atoms with Crippen LogP contribution >= 0.6 is 0 Å². The van der Waals surface area contributed by atoms with Crippen LogP contribution in [0.2, 0.25) is 0 Å². The van der Waals surface area contributed by atoms with Gasteiger partial charge in [-0.15, -0.1) is 0 Å². The summed E-state index contributed by atoms with van der Waals surface area (Å²) in [6.45, 7) is 5.51. The number of aromatic nitrogens is 4. The molecule has 32 heavy (non-hydrogen) atoms. The van der Waals surface area contributed by atoms with Crippen molar-refractivity contribution in [2.75, 3.05) is 30.9 Å². The smallest absolute Gasteiger partial charge is 0.244 e. The Bertz CT molecular complexity index is 1010. The summed E-state index contributed by atoms with van der Waals surface area (Å²) in [5.41, 5.74) is 3.91. The summed E-state index contributed by atoms with van der Waals surface area (Å²) in [7, 11) is 3.63. The Morgan fingerprint density at radius 2 is 2.06 bits per heavy atom. The predicted molar refractivity (Wildman–Crippen MR) is 125 cm³/mol. The van der Waals surface area contributed by atoms with Gasteiger partial charge >= 0.3 is 0 Å². The van der Waals surface area contributed by atoms with E-state index in [1.807, 2.05) is 14.1 Å². The van der Waals surface area contributed by atoms with Gasteiger partial charge in [0, 0.05) is 43.9 Å². The van der Waals surface area contributed by atoms with Gasteiger partial charge in [-0.25, -0.2) is 4.98 Å². The number of aromatic amines is 1. The van der Waals surface area contributed by atoms with E-state index >= 15 is 0 Å². The van der Waals surface area contributed by atoms with Crippen molar-refractivity contribution >= 4 is 23.5 Å². The highest BCUT2D eigenvalue weighted by Gasteiger charge is 2.35. The minimum atomic E-state index is -0.181. The lowest BCUT2D eigenvalue weighted by atomic mass is 9.90. The van der Waals surface area contributed by atoms with E-state index in [1.54, 1.807) is 4.90 Å². The molecule has 1 saturated carbocycles. The zero-order valence-corrected chi connectivity index (χ0v) is 19.7. The van der Waals surface area contributed by atoms with Crippen molar-refractivity contribution in [3.63, 3.8) is 0 Å². The maximum absolute atomic E-state index is 12.7. The molecule has 3 heterocycles. The van der Waals surface area contributed by atoms with E-state index in [0.29, 0.717) is 17.3 Å². The van der Waals surface area contributed by atoms with E-state index in [2.05, 4.69) is 40.3 Å². The minimum Gasteiger partial charge on any atom is -0.347 e. The molecule has 2 fully saturated rings. The first kappa shape index (κ1) is 21.2. The molecule has 2 atom stereocenters. The zero-order chi connectivity index (χ0) is 22.5. The van der Waals surface area contributed by atoms with Crippen molar-refractivity contribution in [2.45, 2.75) is 77.2 Å². The van der Waals surface area contributed by atoms with Crippen LogP contribution in [0.4, 0.5) is 17.6 Å². The van der Waals surface area contributed by atoms with Crippen LogP contribution in [0.15, 0.2) is 6.07 Å². The first-order valence-corrected chi connectivity index (χ1v) is 12.0. The van der Waals surface area contributed by atoms with Gasteiger partial charge in [0.2, 0.25) is 11.9 Å². The summed E-state index contributed by atoms with van der Waals surface area (Å²) in [5, 5.41) is 11.3. The number of hydrogen-bond acceptors (Lipinski definition) is 6. The number of H-pyrrole nitrogens is 1. The number of amides is 1. The normalized spacial score (nSPS) is 24.1. The van der Waals surface area contributed by atoms with E-state index < -0.39 is 0 Å². The molecule has 2 aromatic rings. The van der Waals surface area contributed by atoms with Crippen molar-refractivity contribution in [3.8, 4) is 0 Å². The van der Waals surface area contributed by atoms with Crippen molar-refractivity contribution < 1.29 is 4.79 Å². The molecule has 8 heteroatoms. The third kappa shape index (κ3) is 3.95. The van der Waals surface area contributed by atoms with Gasteiger partial charge in [-0.3, -0.25) is 9.89 Å². The monoisotopic (exact) mass is 437 g/mol. The third-order valence-electron chi connectivity index (χ3n) is 7.41. The summed E-state index contributed by atoms with van der Waals surface area (Å²) in [6.07, 6.45) is 8.51. The lowest BCUT2D eigenvalue weighted by Gasteiger charge is -2.27. The van der Waals surface area contributed by atoms with Gasteiger partial charge in [0.15, 0.2) is 5.82 Å². The van der Waals surface area contributed by atoms with Crippen molar-refractivity contribution in [1.29, 1.82) is 0 Å². The highest BCUT2D eigenvalue weighted by Crippen LogP contribution is 2.45. The molecule has 2 aliphatic carbocycles. The molecule has 2 aromatic heterocycles.